The first-order chi connectivity index (χ1) is 21.3. The maximum atomic E-state index is 13.7. The third kappa shape index (κ3) is 4.13. The van der Waals surface area contributed by atoms with Crippen molar-refractivity contribution in [3.63, 3.8) is 0 Å². The van der Waals surface area contributed by atoms with E-state index in [1.165, 1.54) is 12.8 Å². The predicted octanol–water partition coefficient (Wildman–Crippen LogP) is 4.22. The molecule has 8 rings (SSSR count). The summed E-state index contributed by atoms with van der Waals surface area (Å²) in [5.41, 5.74) is 18.0. The van der Waals surface area contributed by atoms with E-state index in [4.69, 9.17) is 30.9 Å². The van der Waals surface area contributed by atoms with Crippen molar-refractivity contribution in [1.29, 1.82) is 0 Å². The van der Waals surface area contributed by atoms with Crippen molar-refractivity contribution >= 4 is 33.8 Å². The van der Waals surface area contributed by atoms with Gasteiger partial charge in [-0.3, -0.25) is 4.79 Å². The fourth-order valence-corrected chi connectivity index (χ4v) is 7.24. The quantitative estimate of drug-likeness (QED) is 0.286. The number of nitrogens with two attached hydrogens (primary N) is 2. The van der Waals surface area contributed by atoms with Gasteiger partial charge in [0.05, 0.1) is 31.1 Å². The number of aryl methyl sites for hydroxylation is 1. The van der Waals surface area contributed by atoms with E-state index < -0.39 is 0 Å². The first-order valence-electron chi connectivity index (χ1n) is 15.3. The highest BCUT2D eigenvalue weighted by Gasteiger charge is 2.47. The molecule has 44 heavy (non-hydrogen) atoms. The van der Waals surface area contributed by atoms with Gasteiger partial charge in [0.25, 0.3) is 5.91 Å². The second-order valence-corrected chi connectivity index (χ2v) is 12.5. The van der Waals surface area contributed by atoms with E-state index in [1.54, 1.807) is 20.4 Å². The summed E-state index contributed by atoms with van der Waals surface area (Å²) in [5.74, 6) is 3.26. The summed E-state index contributed by atoms with van der Waals surface area (Å²) in [5, 5.41) is 1.02. The Balaban J connectivity index is 1.24. The smallest absolute Gasteiger partial charge is 0.254 e. The molecule has 1 saturated heterocycles. The predicted molar refractivity (Wildman–Crippen MR) is 168 cm³/mol. The lowest BCUT2D eigenvalue weighted by Gasteiger charge is -2.27. The standard InChI is InChI=1S/C33H36N8O3/c1-39-29-23(10-20(12-26(29)43-2)33(42)41-16-19-7-9-24(41)28(19)34)38-32(39)25-11-18-6-8-22(21-13-27(44-3)30(35)36-14-21)37-31(18)40(25)15-17-4-5-17/h6,8,10-14,17,19,24,28H,4-5,7,9,15-16,34H2,1-3H3,(H2,35,36). The molecule has 1 aliphatic heterocycles. The average Bonchev–Trinajstić information content (AvgIpc) is 3.44. The molecule has 226 valence electrons. The fraction of sp³-hybridized carbons (Fsp3) is 0.394. The number of ether oxygens (including phenoxy) is 2. The van der Waals surface area contributed by atoms with Gasteiger partial charge in [-0.1, -0.05) is 0 Å². The maximum absolute atomic E-state index is 13.7. The Morgan fingerprint density at radius 2 is 1.84 bits per heavy atom. The number of anilines is 1. The van der Waals surface area contributed by atoms with Crippen molar-refractivity contribution in [2.24, 2.45) is 24.6 Å². The van der Waals surface area contributed by atoms with Crippen LogP contribution in [-0.4, -0.2) is 67.7 Å². The molecule has 1 amide bonds. The van der Waals surface area contributed by atoms with E-state index >= 15 is 0 Å². The number of rotatable bonds is 7. The molecular formula is C33H36N8O3. The topological polar surface area (TPSA) is 139 Å². The van der Waals surface area contributed by atoms with Crippen LogP contribution in [0.1, 0.15) is 36.0 Å². The first kappa shape index (κ1) is 26.9. The second-order valence-electron chi connectivity index (χ2n) is 12.5. The summed E-state index contributed by atoms with van der Waals surface area (Å²) in [4.78, 5) is 30.2. The number of imidazole rings is 1. The monoisotopic (exact) mass is 592 g/mol. The van der Waals surface area contributed by atoms with E-state index in [1.807, 2.05) is 36.2 Å². The van der Waals surface area contributed by atoms with Crippen LogP contribution in [0.4, 0.5) is 5.82 Å². The van der Waals surface area contributed by atoms with Gasteiger partial charge in [0, 0.05) is 54.9 Å². The van der Waals surface area contributed by atoms with Crippen LogP contribution in [0.2, 0.25) is 0 Å². The number of likely N-dealkylation sites (tertiary alicyclic amines) is 1. The summed E-state index contributed by atoms with van der Waals surface area (Å²) >= 11 is 0. The van der Waals surface area contributed by atoms with Crippen LogP contribution in [0, 0.1) is 11.8 Å². The largest absolute Gasteiger partial charge is 0.494 e. The Bertz CT molecular complexity index is 1960. The molecule has 2 saturated carbocycles. The molecule has 11 heteroatoms. The number of amides is 1. The number of piperidine rings is 1. The number of methoxy groups -OCH3 is 2. The van der Waals surface area contributed by atoms with Crippen LogP contribution in [0.5, 0.6) is 11.5 Å². The number of carbonyl (C=O) groups excluding carboxylic acids is 1. The summed E-state index contributed by atoms with van der Waals surface area (Å²) < 4.78 is 15.6. The number of hydrogen-bond donors (Lipinski definition) is 2. The third-order valence-corrected chi connectivity index (χ3v) is 9.82. The number of carbonyl (C=O) groups is 1. The molecule has 4 aromatic heterocycles. The lowest BCUT2D eigenvalue weighted by molar-refractivity contribution is 0.0700. The van der Waals surface area contributed by atoms with E-state index in [9.17, 15) is 4.79 Å². The van der Waals surface area contributed by atoms with Gasteiger partial charge in [0.15, 0.2) is 17.4 Å². The number of aromatic nitrogens is 5. The van der Waals surface area contributed by atoms with E-state index in [0.717, 1.165) is 64.2 Å². The fourth-order valence-electron chi connectivity index (χ4n) is 7.24. The number of fused-ring (bicyclic) bond motifs is 4. The van der Waals surface area contributed by atoms with Gasteiger partial charge >= 0.3 is 0 Å². The molecular weight excluding hydrogens is 556 g/mol. The van der Waals surface area contributed by atoms with Crippen LogP contribution < -0.4 is 20.9 Å². The molecule has 2 aliphatic carbocycles. The zero-order chi connectivity index (χ0) is 30.3. The average molecular weight is 593 g/mol. The van der Waals surface area contributed by atoms with Crippen molar-refractivity contribution in [2.45, 2.75) is 44.3 Å². The highest BCUT2D eigenvalue weighted by atomic mass is 16.5. The van der Waals surface area contributed by atoms with Crippen molar-refractivity contribution in [3.05, 3.63) is 48.2 Å². The summed E-state index contributed by atoms with van der Waals surface area (Å²) in [6.45, 7) is 1.56. The molecule has 0 radical (unpaired) electrons. The van der Waals surface area contributed by atoms with Gasteiger partial charge in [-0.15, -0.1) is 0 Å². The summed E-state index contributed by atoms with van der Waals surface area (Å²) in [6.07, 6.45) is 6.17. The van der Waals surface area contributed by atoms with Gasteiger partial charge in [-0.25, -0.2) is 15.0 Å². The van der Waals surface area contributed by atoms with Crippen molar-refractivity contribution < 1.29 is 14.3 Å². The molecule has 3 fully saturated rings. The van der Waals surface area contributed by atoms with Gasteiger partial charge < -0.3 is 35.0 Å². The van der Waals surface area contributed by atoms with E-state index in [-0.39, 0.29) is 18.0 Å². The molecule has 5 aromatic rings. The zero-order valence-electron chi connectivity index (χ0n) is 25.2. The number of nitrogens with zero attached hydrogens (tertiary/aromatic N) is 6. The Hall–Kier alpha value is -4.64. The minimum Gasteiger partial charge on any atom is -0.494 e. The third-order valence-electron chi connectivity index (χ3n) is 9.82. The number of nitrogen functional groups attached to an aromatic ring is 1. The van der Waals surface area contributed by atoms with Crippen molar-refractivity contribution in [3.8, 4) is 34.3 Å². The van der Waals surface area contributed by atoms with Crippen LogP contribution in [-0.2, 0) is 13.6 Å². The van der Waals surface area contributed by atoms with Gasteiger partial charge in [0.1, 0.15) is 16.9 Å². The molecule has 3 atom stereocenters. The number of hydrogen-bond acceptors (Lipinski definition) is 8. The molecule has 4 N–H and O–H groups in total. The highest BCUT2D eigenvalue weighted by molar-refractivity contribution is 6.00. The maximum Gasteiger partial charge on any atom is 0.254 e. The molecule has 1 aromatic carbocycles. The summed E-state index contributed by atoms with van der Waals surface area (Å²) in [7, 11) is 5.22. The SMILES string of the molecule is COc1cc(-c2ccc3cc(-c4nc5cc(C(=O)N6CC7CCC6C7N)cc(OC)c5n4C)n(CC4CC4)c3n2)cnc1N. The number of pyridine rings is 2. The first-order valence-corrected chi connectivity index (χ1v) is 15.3. The van der Waals surface area contributed by atoms with Crippen LogP contribution in [0.25, 0.3) is 44.8 Å². The zero-order valence-corrected chi connectivity index (χ0v) is 25.2. The normalized spacial score (nSPS) is 21.1. The second kappa shape index (κ2) is 9.95. The van der Waals surface area contributed by atoms with Gasteiger partial charge in [-0.2, -0.15) is 0 Å². The van der Waals surface area contributed by atoms with Crippen LogP contribution in [0.15, 0.2) is 42.6 Å². The molecule has 5 heterocycles. The van der Waals surface area contributed by atoms with Gasteiger partial charge in [-0.05, 0) is 73.9 Å². The minimum absolute atomic E-state index is 0.00609. The number of benzene rings is 1. The van der Waals surface area contributed by atoms with E-state index in [2.05, 4.69) is 26.3 Å². The minimum atomic E-state index is -0.00609. The van der Waals surface area contributed by atoms with Crippen molar-refractivity contribution in [2.75, 3.05) is 26.5 Å². The van der Waals surface area contributed by atoms with Crippen LogP contribution >= 0.6 is 0 Å². The molecule has 3 aliphatic rings. The Morgan fingerprint density at radius 3 is 2.55 bits per heavy atom. The molecule has 3 unspecified atom stereocenters. The Labute approximate surface area is 254 Å². The summed E-state index contributed by atoms with van der Waals surface area (Å²) in [6, 6.07) is 12.0. The molecule has 2 bridgehead atoms. The van der Waals surface area contributed by atoms with Gasteiger partial charge in [0.2, 0.25) is 0 Å². The molecule has 11 nitrogen and oxygen atoms in total. The Kier molecular flexibility index (Phi) is 6.09. The van der Waals surface area contributed by atoms with Crippen LogP contribution in [0.3, 0.4) is 0 Å². The highest BCUT2D eigenvalue weighted by Crippen LogP contribution is 2.40. The Morgan fingerprint density at radius 1 is 1.02 bits per heavy atom. The lowest BCUT2D eigenvalue weighted by Crippen LogP contribution is -2.41. The van der Waals surface area contributed by atoms with Crippen molar-refractivity contribution in [1.82, 2.24) is 29.0 Å². The van der Waals surface area contributed by atoms with E-state index in [0.29, 0.717) is 41.3 Å². The lowest BCUT2D eigenvalue weighted by atomic mass is 10.1. The molecule has 0 spiro atoms.